The molecule has 0 fully saturated rings. The maximum atomic E-state index is 3.32. The second-order valence-electron chi connectivity index (χ2n) is 5.18. The number of benzene rings is 1. The van der Waals surface area contributed by atoms with Crippen LogP contribution in [0, 0.1) is 0 Å². The minimum absolute atomic E-state index is 0.233. The van der Waals surface area contributed by atoms with Crippen LogP contribution < -0.4 is 0 Å². The fourth-order valence-electron chi connectivity index (χ4n) is 1.94. The predicted molar refractivity (Wildman–Crippen MR) is 66.4 cm³/mol. The summed E-state index contributed by atoms with van der Waals surface area (Å²) in [6.07, 6.45) is 3.21. The smallest absolute Gasteiger partial charge is 0.0456 e. The summed E-state index contributed by atoms with van der Waals surface area (Å²) in [5.41, 5.74) is 4.30. The van der Waals surface area contributed by atoms with Gasteiger partial charge >= 0.3 is 0 Å². The molecule has 0 saturated heterocycles. The Kier molecular flexibility index (Phi) is 2.34. The first-order valence-electron chi connectivity index (χ1n) is 5.63. The lowest BCUT2D eigenvalue weighted by Crippen LogP contribution is -2.10. The fraction of sp³-hybridized carbons (Fsp3) is 0.429. The van der Waals surface area contributed by atoms with E-state index in [1.165, 1.54) is 22.0 Å². The molecule has 0 aliphatic carbocycles. The van der Waals surface area contributed by atoms with Crippen LogP contribution in [0.15, 0.2) is 24.4 Å². The summed E-state index contributed by atoms with van der Waals surface area (Å²) in [6, 6.07) is 6.73. The molecule has 0 bridgehead atoms. The molecule has 1 N–H and O–H groups in total. The van der Waals surface area contributed by atoms with Crippen LogP contribution in [0.4, 0.5) is 0 Å². The highest BCUT2D eigenvalue weighted by molar-refractivity contribution is 5.84. The fourth-order valence-corrected chi connectivity index (χ4v) is 1.94. The van der Waals surface area contributed by atoms with Crippen LogP contribution in [-0.4, -0.2) is 4.98 Å². The first-order valence-corrected chi connectivity index (χ1v) is 5.63. The Bertz CT molecular complexity index is 472. The van der Waals surface area contributed by atoms with Crippen molar-refractivity contribution in [2.45, 2.75) is 39.5 Å². The highest BCUT2D eigenvalue weighted by Crippen LogP contribution is 2.27. The monoisotopic (exact) mass is 201 g/mol. The lowest BCUT2D eigenvalue weighted by molar-refractivity contribution is 0.591. The largest absolute Gasteiger partial charge is 0.361 e. The first kappa shape index (κ1) is 10.3. The lowest BCUT2D eigenvalue weighted by atomic mass is 9.86. The normalized spacial score (nSPS) is 12.3. The van der Waals surface area contributed by atoms with E-state index in [-0.39, 0.29) is 5.41 Å². The molecule has 0 spiro atoms. The molecule has 1 aromatic carbocycles. The van der Waals surface area contributed by atoms with Gasteiger partial charge in [0.15, 0.2) is 0 Å². The Morgan fingerprint density at radius 1 is 1.20 bits per heavy atom. The summed E-state index contributed by atoms with van der Waals surface area (Å²) in [5.74, 6) is 0. The van der Waals surface area contributed by atoms with Gasteiger partial charge in [-0.3, -0.25) is 0 Å². The maximum Gasteiger partial charge on any atom is 0.0456 e. The van der Waals surface area contributed by atoms with Crippen molar-refractivity contribution in [3.05, 3.63) is 35.5 Å². The van der Waals surface area contributed by atoms with Crippen molar-refractivity contribution in [3.8, 4) is 0 Å². The van der Waals surface area contributed by atoms with Crippen LogP contribution >= 0.6 is 0 Å². The van der Waals surface area contributed by atoms with Crippen LogP contribution in [-0.2, 0) is 11.8 Å². The van der Waals surface area contributed by atoms with E-state index in [0.717, 1.165) is 6.42 Å². The molecule has 1 nitrogen and oxygen atoms in total. The van der Waals surface area contributed by atoms with E-state index < -0.39 is 0 Å². The van der Waals surface area contributed by atoms with Gasteiger partial charge < -0.3 is 4.98 Å². The summed E-state index contributed by atoms with van der Waals surface area (Å²) in [4.78, 5) is 3.32. The van der Waals surface area contributed by atoms with Crippen molar-refractivity contribution >= 4 is 10.9 Å². The van der Waals surface area contributed by atoms with Crippen molar-refractivity contribution in [2.24, 2.45) is 0 Å². The third kappa shape index (κ3) is 1.79. The Morgan fingerprint density at radius 2 is 1.93 bits per heavy atom. The molecule has 0 aliphatic rings. The predicted octanol–water partition coefficient (Wildman–Crippen LogP) is 4.03. The number of rotatable bonds is 1. The molecule has 2 aromatic rings. The number of aromatic nitrogens is 1. The summed E-state index contributed by atoms with van der Waals surface area (Å²) in [6.45, 7) is 8.97. The number of H-pyrrole nitrogens is 1. The Morgan fingerprint density at radius 3 is 2.53 bits per heavy atom. The number of hydrogen-bond donors (Lipinski definition) is 1. The van der Waals surface area contributed by atoms with Gasteiger partial charge in [0.05, 0.1) is 0 Å². The molecule has 80 valence electrons. The van der Waals surface area contributed by atoms with Crippen LogP contribution in [0.2, 0.25) is 0 Å². The number of aromatic amines is 1. The molecule has 1 aromatic heterocycles. The number of hydrogen-bond acceptors (Lipinski definition) is 0. The SMILES string of the molecule is CCc1c[nH]c2ccc(C(C)(C)C)cc12. The quantitative estimate of drug-likeness (QED) is 0.717. The molecule has 0 aliphatic heterocycles. The zero-order chi connectivity index (χ0) is 11.1. The number of aryl methyl sites for hydroxylation is 1. The van der Waals surface area contributed by atoms with Gasteiger partial charge in [-0.15, -0.1) is 0 Å². The van der Waals surface area contributed by atoms with Crippen LogP contribution in [0.5, 0.6) is 0 Å². The standard InChI is InChI=1S/C14H19N/c1-5-10-9-15-13-7-6-11(8-12(10)13)14(2,3)4/h6-9,15H,5H2,1-4H3. The van der Waals surface area contributed by atoms with E-state index in [9.17, 15) is 0 Å². The van der Waals surface area contributed by atoms with Crippen molar-refractivity contribution < 1.29 is 0 Å². The molecule has 0 saturated carbocycles. The molecule has 0 atom stereocenters. The molecule has 0 unspecified atom stereocenters. The zero-order valence-electron chi connectivity index (χ0n) is 10.0. The lowest BCUT2D eigenvalue weighted by Gasteiger charge is -2.19. The van der Waals surface area contributed by atoms with E-state index in [1.54, 1.807) is 0 Å². The molecular weight excluding hydrogens is 182 g/mol. The van der Waals surface area contributed by atoms with E-state index in [1.807, 2.05) is 0 Å². The Balaban J connectivity index is 2.63. The van der Waals surface area contributed by atoms with Crippen LogP contribution in [0.25, 0.3) is 10.9 Å². The second-order valence-corrected chi connectivity index (χ2v) is 5.18. The molecule has 1 heteroatoms. The van der Waals surface area contributed by atoms with Gasteiger partial charge in [-0.25, -0.2) is 0 Å². The van der Waals surface area contributed by atoms with Crippen molar-refractivity contribution in [2.75, 3.05) is 0 Å². The Labute approximate surface area is 91.5 Å². The van der Waals surface area contributed by atoms with Crippen molar-refractivity contribution in [1.82, 2.24) is 4.98 Å². The zero-order valence-corrected chi connectivity index (χ0v) is 10.0. The van der Waals surface area contributed by atoms with Gasteiger partial charge in [-0.2, -0.15) is 0 Å². The maximum absolute atomic E-state index is 3.32. The van der Waals surface area contributed by atoms with Gasteiger partial charge in [0.2, 0.25) is 0 Å². The number of nitrogens with one attached hydrogen (secondary N) is 1. The molecule has 1 heterocycles. The van der Waals surface area contributed by atoms with Crippen LogP contribution in [0.3, 0.4) is 0 Å². The highest BCUT2D eigenvalue weighted by Gasteiger charge is 2.14. The van der Waals surface area contributed by atoms with Gasteiger partial charge in [0.1, 0.15) is 0 Å². The summed E-state index contributed by atoms with van der Waals surface area (Å²) in [7, 11) is 0. The first-order chi connectivity index (χ1) is 7.02. The Hall–Kier alpha value is -1.24. The molecule has 15 heavy (non-hydrogen) atoms. The van der Waals surface area contributed by atoms with E-state index >= 15 is 0 Å². The molecule has 0 radical (unpaired) electrons. The van der Waals surface area contributed by atoms with Crippen molar-refractivity contribution in [1.29, 1.82) is 0 Å². The topological polar surface area (TPSA) is 15.8 Å². The van der Waals surface area contributed by atoms with E-state index in [0.29, 0.717) is 0 Å². The second kappa shape index (κ2) is 3.41. The van der Waals surface area contributed by atoms with E-state index in [4.69, 9.17) is 0 Å². The van der Waals surface area contributed by atoms with E-state index in [2.05, 4.69) is 57.1 Å². The minimum atomic E-state index is 0.233. The third-order valence-corrected chi connectivity index (χ3v) is 3.01. The van der Waals surface area contributed by atoms with Gasteiger partial charge in [-0.1, -0.05) is 33.8 Å². The average Bonchev–Trinajstić information content (AvgIpc) is 2.57. The summed E-state index contributed by atoms with van der Waals surface area (Å²) >= 11 is 0. The van der Waals surface area contributed by atoms with Gasteiger partial charge in [-0.05, 0) is 35.1 Å². The van der Waals surface area contributed by atoms with Gasteiger partial charge in [0, 0.05) is 17.1 Å². The highest BCUT2D eigenvalue weighted by atomic mass is 14.7. The molecule has 2 rings (SSSR count). The van der Waals surface area contributed by atoms with Gasteiger partial charge in [0.25, 0.3) is 0 Å². The average molecular weight is 201 g/mol. The third-order valence-electron chi connectivity index (χ3n) is 3.01. The molecular formula is C14H19N. The number of fused-ring (bicyclic) bond motifs is 1. The van der Waals surface area contributed by atoms with Crippen molar-refractivity contribution in [3.63, 3.8) is 0 Å². The molecule has 0 amide bonds. The summed E-state index contributed by atoms with van der Waals surface area (Å²) < 4.78 is 0. The van der Waals surface area contributed by atoms with Crippen LogP contribution in [0.1, 0.15) is 38.8 Å². The summed E-state index contributed by atoms with van der Waals surface area (Å²) in [5, 5.41) is 1.38. The minimum Gasteiger partial charge on any atom is -0.361 e.